The maximum atomic E-state index is 12.7. The molecule has 0 atom stereocenters. The third-order valence-corrected chi connectivity index (χ3v) is 4.97. The zero-order valence-electron chi connectivity index (χ0n) is 20.5. The van der Waals surface area contributed by atoms with Crippen LogP contribution in [0.25, 0.3) is 5.76 Å². The van der Waals surface area contributed by atoms with E-state index in [4.69, 9.17) is 18.9 Å². The van der Waals surface area contributed by atoms with E-state index < -0.39 is 5.91 Å². The lowest BCUT2D eigenvalue weighted by atomic mass is 10.1. The summed E-state index contributed by atoms with van der Waals surface area (Å²) < 4.78 is 24.0. The Morgan fingerprint density at radius 2 is 1.91 bits per heavy atom. The first-order valence-electron chi connectivity index (χ1n) is 11.0. The number of methoxy groups -OCH3 is 2. The van der Waals surface area contributed by atoms with Crippen molar-refractivity contribution in [1.29, 1.82) is 0 Å². The highest BCUT2D eigenvalue weighted by Crippen LogP contribution is 2.38. The van der Waals surface area contributed by atoms with Gasteiger partial charge in [0.1, 0.15) is 17.3 Å². The largest absolute Gasteiger partial charge is 0.493 e. The molecule has 0 aliphatic carbocycles. The van der Waals surface area contributed by atoms with Gasteiger partial charge in [-0.2, -0.15) is 5.10 Å². The molecule has 0 bridgehead atoms. The van der Waals surface area contributed by atoms with Crippen molar-refractivity contribution in [2.24, 2.45) is 4.99 Å². The Morgan fingerprint density at radius 1 is 1.17 bits per heavy atom. The molecule has 0 aliphatic rings. The number of aliphatic imine (C=N–C) groups is 1. The summed E-state index contributed by atoms with van der Waals surface area (Å²) >= 11 is 0. The fourth-order valence-electron chi connectivity index (χ4n) is 3.27. The molecule has 1 amide bonds. The number of rotatable bonds is 11. The van der Waals surface area contributed by atoms with Gasteiger partial charge in [-0.25, -0.2) is 4.98 Å². The Balaban J connectivity index is 1.78. The Morgan fingerprint density at radius 3 is 2.49 bits per heavy atom. The second-order valence-electron chi connectivity index (χ2n) is 7.10. The number of ether oxygens (including phenoxy) is 4. The standard InChI is InChI=1S/C25H29N5O5/c1-7-19(17-12-20(32-5)21(33-6)13-18(17)26-4)35-16-10-11-23(27-14-16)28-25(31)24-22(34-9-3)15-30(8-2)29-24/h7,10-15H,4,8-9H2,1-3,5-6H3,(H,27,28,31)/b19-7+. The number of anilines is 1. The normalized spacial score (nSPS) is 11.1. The van der Waals surface area contributed by atoms with E-state index in [9.17, 15) is 4.79 Å². The number of nitrogens with zero attached hydrogens (tertiary/aromatic N) is 4. The van der Waals surface area contributed by atoms with Crippen molar-refractivity contribution in [3.8, 4) is 23.0 Å². The van der Waals surface area contributed by atoms with Crippen molar-refractivity contribution in [3.63, 3.8) is 0 Å². The van der Waals surface area contributed by atoms with Crippen molar-refractivity contribution in [1.82, 2.24) is 14.8 Å². The van der Waals surface area contributed by atoms with E-state index in [1.54, 1.807) is 55.4 Å². The average Bonchev–Trinajstić information content (AvgIpc) is 3.30. The molecule has 2 heterocycles. The molecule has 35 heavy (non-hydrogen) atoms. The molecule has 10 nitrogen and oxygen atoms in total. The van der Waals surface area contributed by atoms with Gasteiger partial charge in [-0.1, -0.05) is 0 Å². The van der Waals surface area contributed by atoms with Gasteiger partial charge in [-0.15, -0.1) is 0 Å². The molecule has 2 aromatic heterocycles. The van der Waals surface area contributed by atoms with Crippen molar-refractivity contribution < 1.29 is 23.7 Å². The summed E-state index contributed by atoms with van der Waals surface area (Å²) in [5.74, 6) is 2.41. The summed E-state index contributed by atoms with van der Waals surface area (Å²) in [5.41, 5.74) is 1.45. The predicted octanol–water partition coefficient (Wildman–Crippen LogP) is 4.74. The summed E-state index contributed by atoms with van der Waals surface area (Å²) in [4.78, 5) is 21.1. The Labute approximate surface area is 204 Å². The van der Waals surface area contributed by atoms with Crippen LogP contribution in [0.3, 0.4) is 0 Å². The number of hydrogen-bond donors (Lipinski definition) is 1. The number of amides is 1. The Bertz CT molecular complexity index is 1220. The van der Waals surface area contributed by atoms with E-state index in [0.717, 1.165) is 0 Å². The first-order chi connectivity index (χ1) is 17.0. The zero-order chi connectivity index (χ0) is 25.4. The highest BCUT2D eigenvalue weighted by Gasteiger charge is 2.19. The second kappa shape index (κ2) is 11.7. The predicted molar refractivity (Wildman–Crippen MR) is 134 cm³/mol. The molecule has 1 aromatic carbocycles. The van der Waals surface area contributed by atoms with Gasteiger partial charge in [-0.3, -0.25) is 14.5 Å². The molecule has 1 N–H and O–H groups in total. The molecule has 0 spiro atoms. The van der Waals surface area contributed by atoms with Crippen molar-refractivity contribution in [2.45, 2.75) is 27.3 Å². The van der Waals surface area contributed by atoms with Crippen LogP contribution in [0.15, 0.2) is 47.7 Å². The number of aryl methyl sites for hydroxylation is 1. The maximum absolute atomic E-state index is 12.7. The van der Waals surface area contributed by atoms with Crippen LogP contribution in [0.2, 0.25) is 0 Å². The third kappa shape index (κ3) is 5.78. The molecule has 10 heteroatoms. The first kappa shape index (κ1) is 25.3. The lowest BCUT2D eigenvalue weighted by Crippen LogP contribution is -2.15. The number of carbonyl (C=O) groups is 1. The van der Waals surface area contributed by atoms with Gasteiger partial charge in [0.2, 0.25) is 0 Å². The van der Waals surface area contributed by atoms with Crippen LogP contribution in [-0.4, -0.2) is 48.2 Å². The molecule has 0 saturated heterocycles. The first-order valence-corrected chi connectivity index (χ1v) is 11.0. The highest BCUT2D eigenvalue weighted by atomic mass is 16.5. The Kier molecular flexibility index (Phi) is 8.44. The smallest absolute Gasteiger partial charge is 0.281 e. The van der Waals surface area contributed by atoms with Crippen LogP contribution in [0, 0.1) is 0 Å². The number of pyridine rings is 1. The molecule has 3 aromatic rings. The fourth-order valence-corrected chi connectivity index (χ4v) is 3.27. The van der Waals surface area contributed by atoms with Crippen LogP contribution in [0.4, 0.5) is 11.5 Å². The second-order valence-corrected chi connectivity index (χ2v) is 7.10. The summed E-state index contributed by atoms with van der Waals surface area (Å²) in [6.07, 6.45) is 5.00. The monoisotopic (exact) mass is 479 g/mol. The lowest BCUT2D eigenvalue weighted by molar-refractivity contribution is 0.101. The van der Waals surface area contributed by atoms with Crippen LogP contribution < -0.4 is 24.3 Å². The van der Waals surface area contributed by atoms with E-state index in [-0.39, 0.29) is 5.69 Å². The van der Waals surface area contributed by atoms with Gasteiger partial charge in [0.15, 0.2) is 22.9 Å². The van der Waals surface area contributed by atoms with Gasteiger partial charge >= 0.3 is 0 Å². The van der Waals surface area contributed by atoms with E-state index in [1.807, 2.05) is 20.8 Å². The SMILES string of the molecule is C=Nc1cc(OC)c(OC)cc1/C(=C\C)Oc1ccc(NC(=O)c2nn(CC)cc2OCC)nc1. The maximum Gasteiger partial charge on any atom is 0.281 e. The van der Waals surface area contributed by atoms with Crippen LogP contribution >= 0.6 is 0 Å². The van der Waals surface area contributed by atoms with Gasteiger partial charge in [0.25, 0.3) is 5.91 Å². The molecular weight excluding hydrogens is 450 g/mol. The fraction of sp³-hybridized carbons (Fsp3) is 0.280. The number of allylic oxidation sites excluding steroid dienone is 1. The molecule has 0 aliphatic heterocycles. The summed E-state index contributed by atoms with van der Waals surface area (Å²) in [6.45, 7) is 10.3. The van der Waals surface area contributed by atoms with Gasteiger partial charge < -0.3 is 24.3 Å². The molecule has 0 saturated carbocycles. The minimum atomic E-state index is -0.414. The number of nitrogens with one attached hydrogen (secondary N) is 1. The lowest BCUT2D eigenvalue weighted by Gasteiger charge is -2.15. The van der Waals surface area contributed by atoms with E-state index in [0.29, 0.717) is 59.0 Å². The Hall–Kier alpha value is -4.34. The summed E-state index contributed by atoms with van der Waals surface area (Å²) in [6, 6.07) is 6.83. The minimum Gasteiger partial charge on any atom is -0.493 e. The van der Waals surface area contributed by atoms with Crippen molar-refractivity contribution in [2.75, 3.05) is 26.1 Å². The van der Waals surface area contributed by atoms with E-state index in [2.05, 4.69) is 27.1 Å². The highest BCUT2D eigenvalue weighted by molar-refractivity contribution is 6.04. The van der Waals surface area contributed by atoms with Crippen LogP contribution in [0.5, 0.6) is 23.0 Å². The van der Waals surface area contributed by atoms with E-state index in [1.165, 1.54) is 6.20 Å². The molecule has 184 valence electrons. The van der Waals surface area contributed by atoms with E-state index >= 15 is 0 Å². The van der Waals surface area contributed by atoms with Crippen molar-refractivity contribution >= 4 is 29.9 Å². The molecule has 3 rings (SSSR count). The summed E-state index contributed by atoms with van der Waals surface area (Å²) in [5, 5.41) is 7.01. The molecular formula is C25H29N5O5. The summed E-state index contributed by atoms with van der Waals surface area (Å²) in [7, 11) is 3.11. The van der Waals surface area contributed by atoms with Gasteiger partial charge in [0, 0.05) is 18.2 Å². The quantitative estimate of drug-likeness (QED) is 0.313. The number of carbonyl (C=O) groups excluding carboxylic acids is 1. The van der Waals surface area contributed by atoms with Gasteiger partial charge in [-0.05, 0) is 51.8 Å². The molecule has 0 unspecified atom stereocenters. The minimum absolute atomic E-state index is 0.199. The zero-order valence-corrected chi connectivity index (χ0v) is 20.5. The third-order valence-electron chi connectivity index (χ3n) is 4.97. The molecule has 0 fully saturated rings. The van der Waals surface area contributed by atoms with Crippen LogP contribution in [0.1, 0.15) is 36.8 Å². The number of hydrogen-bond acceptors (Lipinski definition) is 8. The average molecular weight is 480 g/mol. The van der Waals surface area contributed by atoms with Crippen molar-refractivity contribution in [3.05, 3.63) is 54.0 Å². The number of benzene rings is 1. The topological polar surface area (TPSA) is 109 Å². The number of aromatic nitrogens is 3. The molecule has 0 radical (unpaired) electrons. The van der Waals surface area contributed by atoms with Crippen LogP contribution in [-0.2, 0) is 6.54 Å². The van der Waals surface area contributed by atoms with Gasteiger partial charge in [0.05, 0.1) is 38.9 Å².